The number of nitrogens with zero attached hydrogens (tertiary/aromatic N) is 3. The molecule has 0 spiro atoms. The third kappa shape index (κ3) is 4.84. The molecule has 0 radical (unpaired) electrons. The highest BCUT2D eigenvalue weighted by Gasteiger charge is 2.49. The van der Waals surface area contributed by atoms with E-state index in [9.17, 15) is 0 Å². The summed E-state index contributed by atoms with van der Waals surface area (Å²) in [7, 11) is 0. The summed E-state index contributed by atoms with van der Waals surface area (Å²) in [5, 5.41) is 0. The number of hydrogen-bond acceptors (Lipinski definition) is 3. The van der Waals surface area contributed by atoms with Gasteiger partial charge in [0.15, 0.2) is 0 Å². The second-order valence-corrected chi connectivity index (χ2v) is 9.09. The predicted octanol–water partition coefficient (Wildman–Crippen LogP) is 5.10. The molecule has 29 heavy (non-hydrogen) atoms. The van der Waals surface area contributed by atoms with Gasteiger partial charge in [-0.3, -0.25) is 9.80 Å². The van der Waals surface area contributed by atoms with Crippen LogP contribution in [-0.2, 0) is 6.54 Å². The number of rotatable bonds is 8. The first kappa shape index (κ1) is 20.4. The van der Waals surface area contributed by atoms with Gasteiger partial charge in [-0.25, -0.2) is 0 Å². The minimum absolute atomic E-state index is 0.361. The van der Waals surface area contributed by atoms with Crippen LogP contribution in [0.15, 0.2) is 60.5 Å². The Bertz CT molecular complexity index is 779. The Morgan fingerprint density at radius 1 is 1.14 bits per heavy atom. The Kier molecular flexibility index (Phi) is 6.26. The van der Waals surface area contributed by atoms with Crippen LogP contribution >= 0.6 is 0 Å². The molecule has 156 valence electrons. The quantitative estimate of drug-likeness (QED) is 0.610. The summed E-state index contributed by atoms with van der Waals surface area (Å²) in [6, 6.07) is 8.96. The number of allylic oxidation sites excluding steroid dienone is 4. The summed E-state index contributed by atoms with van der Waals surface area (Å²) >= 11 is 0. The van der Waals surface area contributed by atoms with Crippen LogP contribution in [0.25, 0.3) is 0 Å². The molecule has 0 N–H and O–H groups in total. The molecule has 1 saturated carbocycles. The fourth-order valence-corrected chi connectivity index (χ4v) is 4.84. The highest BCUT2D eigenvalue weighted by atomic mass is 15.3. The van der Waals surface area contributed by atoms with Crippen molar-refractivity contribution < 1.29 is 0 Å². The Balaban J connectivity index is 1.36. The van der Waals surface area contributed by atoms with Crippen molar-refractivity contribution in [2.75, 3.05) is 32.7 Å². The molecule has 0 unspecified atom stereocenters. The van der Waals surface area contributed by atoms with Crippen LogP contribution in [0, 0.1) is 6.92 Å². The average molecular weight is 392 g/mol. The van der Waals surface area contributed by atoms with Gasteiger partial charge in [-0.1, -0.05) is 55.5 Å². The van der Waals surface area contributed by atoms with Gasteiger partial charge in [0.05, 0.1) is 0 Å². The highest BCUT2D eigenvalue weighted by molar-refractivity contribution is 5.27. The first-order chi connectivity index (χ1) is 14.1. The molecule has 3 heteroatoms. The summed E-state index contributed by atoms with van der Waals surface area (Å²) < 4.78 is 0. The maximum atomic E-state index is 4.40. The summed E-state index contributed by atoms with van der Waals surface area (Å²) in [4.78, 5) is 7.92. The average Bonchev–Trinajstić information content (AvgIpc) is 3.53. The Labute approximate surface area is 177 Å². The van der Waals surface area contributed by atoms with Crippen LogP contribution in [-0.4, -0.2) is 53.0 Å². The fourth-order valence-electron chi connectivity index (χ4n) is 4.84. The monoisotopic (exact) mass is 391 g/mol. The van der Waals surface area contributed by atoms with Crippen molar-refractivity contribution in [3.05, 3.63) is 71.6 Å². The highest BCUT2D eigenvalue weighted by Crippen LogP contribution is 2.44. The summed E-state index contributed by atoms with van der Waals surface area (Å²) in [6.45, 7) is 15.7. The molecule has 1 aromatic carbocycles. The van der Waals surface area contributed by atoms with Gasteiger partial charge >= 0.3 is 0 Å². The zero-order valence-electron chi connectivity index (χ0n) is 18.4. The zero-order valence-corrected chi connectivity index (χ0v) is 18.4. The molecule has 1 heterocycles. The van der Waals surface area contributed by atoms with Crippen LogP contribution in [0.1, 0.15) is 50.2 Å². The van der Waals surface area contributed by atoms with Crippen molar-refractivity contribution in [2.45, 2.75) is 58.0 Å². The molecule has 0 bridgehead atoms. The summed E-state index contributed by atoms with van der Waals surface area (Å²) in [5.74, 6) is 0. The van der Waals surface area contributed by atoms with Crippen molar-refractivity contribution >= 4 is 0 Å². The van der Waals surface area contributed by atoms with Gasteiger partial charge in [0, 0.05) is 56.2 Å². The van der Waals surface area contributed by atoms with Crippen LogP contribution in [0.3, 0.4) is 0 Å². The van der Waals surface area contributed by atoms with Gasteiger partial charge in [0.1, 0.15) is 0 Å². The molecule has 2 fully saturated rings. The van der Waals surface area contributed by atoms with Crippen molar-refractivity contribution in [3.63, 3.8) is 0 Å². The van der Waals surface area contributed by atoms with Crippen molar-refractivity contribution in [1.82, 2.24) is 14.7 Å². The molecule has 2 aliphatic carbocycles. The lowest BCUT2D eigenvalue weighted by Gasteiger charge is -2.42. The molecule has 3 aliphatic rings. The van der Waals surface area contributed by atoms with E-state index in [-0.39, 0.29) is 0 Å². The van der Waals surface area contributed by atoms with E-state index < -0.39 is 0 Å². The largest absolute Gasteiger partial charge is 0.344 e. The molecule has 3 nitrogen and oxygen atoms in total. The van der Waals surface area contributed by atoms with Crippen molar-refractivity contribution in [3.8, 4) is 0 Å². The molecule has 4 rings (SSSR count). The van der Waals surface area contributed by atoms with E-state index in [0.29, 0.717) is 5.54 Å². The summed E-state index contributed by atoms with van der Waals surface area (Å²) in [5.41, 5.74) is 5.79. The van der Waals surface area contributed by atoms with Crippen LogP contribution < -0.4 is 0 Å². The number of piperazine rings is 1. The van der Waals surface area contributed by atoms with E-state index in [1.54, 1.807) is 0 Å². The van der Waals surface area contributed by atoms with E-state index in [1.807, 2.05) is 0 Å². The van der Waals surface area contributed by atoms with Gasteiger partial charge in [-0.05, 0) is 50.7 Å². The lowest BCUT2D eigenvalue weighted by Crippen LogP contribution is -2.54. The van der Waals surface area contributed by atoms with E-state index in [4.69, 9.17) is 0 Å². The van der Waals surface area contributed by atoms with E-state index in [0.717, 1.165) is 25.9 Å². The number of hydrogen-bond donors (Lipinski definition) is 0. The van der Waals surface area contributed by atoms with Crippen molar-refractivity contribution in [1.29, 1.82) is 0 Å². The predicted molar refractivity (Wildman–Crippen MR) is 123 cm³/mol. The molecule has 1 aliphatic heterocycles. The molecule has 0 aromatic heterocycles. The molecule has 0 amide bonds. The maximum Gasteiger partial charge on any atom is 0.0412 e. The smallest absolute Gasteiger partial charge is 0.0412 e. The van der Waals surface area contributed by atoms with Crippen molar-refractivity contribution in [2.24, 2.45) is 0 Å². The zero-order chi connectivity index (χ0) is 20.3. The van der Waals surface area contributed by atoms with Crippen LogP contribution in [0.2, 0.25) is 0 Å². The first-order valence-corrected chi connectivity index (χ1v) is 11.4. The minimum Gasteiger partial charge on any atom is -0.344 e. The molecule has 1 aromatic rings. The second kappa shape index (κ2) is 8.89. The normalized spacial score (nSPS) is 21.7. The Hall–Kier alpha value is -1.84. The third-order valence-electron chi connectivity index (χ3n) is 6.89. The molecular weight excluding hydrogens is 354 g/mol. The maximum absolute atomic E-state index is 4.40. The van der Waals surface area contributed by atoms with Gasteiger partial charge in [0.25, 0.3) is 0 Å². The van der Waals surface area contributed by atoms with Gasteiger partial charge in [-0.2, -0.15) is 0 Å². The topological polar surface area (TPSA) is 9.72 Å². The Morgan fingerprint density at radius 3 is 2.55 bits per heavy atom. The standard InChI is InChI=1S/C26H37N3/c1-4-23(3)29(25-11-6-5-7-12-25)21-26(13-14-26)28-17-15-27(16-18-28)20-24-10-8-9-22(2)19-24/h6,8-12,19H,3-5,7,13-18,20-21H2,1-2H3. The van der Waals surface area contributed by atoms with Gasteiger partial charge in [0.2, 0.25) is 0 Å². The lowest BCUT2D eigenvalue weighted by molar-refractivity contribution is 0.0697. The molecular formula is C26H37N3. The number of aryl methyl sites for hydroxylation is 1. The number of benzene rings is 1. The van der Waals surface area contributed by atoms with Crippen LogP contribution in [0.4, 0.5) is 0 Å². The fraction of sp³-hybridized carbons (Fsp3) is 0.538. The van der Waals surface area contributed by atoms with E-state index in [2.05, 4.69) is 77.6 Å². The van der Waals surface area contributed by atoms with Gasteiger partial charge < -0.3 is 4.90 Å². The van der Waals surface area contributed by atoms with E-state index >= 15 is 0 Å². The minimum atomic E-state index is 0.361. The van der Waals surface area contributed by atoms with E-state index in [1.165, 1.54) is 68.0 Å². The molecule has 1 saturated heterocycles. The molecule has 0 atom stereocenters. The van der Waals surface area contributed by atoms with Crippen LogP contribution in [0.5, 0.6) is 0 Å². The lowest BCUT2D eigenvalue weighted by atomic mass is 10.1. The second-order valence-electron chi connectivity index (χ2n) is 9.09. The SMILES string of the molecule is C=C(CC)N(CC1(N2CCN(Cc3cccc(C)c3)CC2)CC1)C1=CCCC=C1. The van der Waals surface area contributed by atoms with Gasteiger partial charge in [-0.15, -0.1) is 0 Å². The summed E-state index contributed by atoms with van der Waals surface area (Å²) in [6.07, 6.45) is 13.0. The Morgan fingerprint density at radius 2 is 1.93 bits per heavy atom. The first-order valence-electron chi connectivity index (χ1n) is 11.4. The third-order valence-corrected chi connectivity index (χ3v) is 6.89.